The molecule has 0 fully saturated rings. The lowest BCUT2D eigenvalue weighted by molar-refractivity contribution is 0.309. The van der Waals surface area contributed by atoms with Crippen LogP contribution in [0.15, 0.2) is 12.4 Å². The number of hydrogen-bond donors (Lipinski definition) is 0. The molecule has 5 heteroatoms. The molecule has 1 heterocycles. The Bertz CT molecular complexity index is 240. The van der Waals surface area contributed by atoms with Gasteiger partial charge in [-0.05, 0) is 13.1 Å². The largest absolute Gasteiger partial charge is 0.415 e. The number of aromatic nitrogens is 2. The Hall–Kier alpha value is -0.453. The van der Waals surface area contributed by atoms with Crippen molar-refractivity contribution in [2.45, 2.75) is 19.7 Å². The third-order valence-electron chi connectivity index (χ3n) is 1.24. The van der Waals surface area contributed by atoms with Crippen molar-refractivity contribution in [1.82, 2.24) is 9.97 Å². The summed E-state index contributed by atoms with van der Waals surface area (Å²) in [6, 6.07) is 0. The molecule has 1 aromatic rings. The van der Waals surface area contributed by atoms with E-state index < -0.39 is 9.04 Å². The van der Waals surface area contributed by atoms with E-state index in [1.165, 1.54) is 6.20 Å². The Morgan fingerprint density at radius 2 is 2.17 bits per heavy atom. The van der Waals surface area contributed by atoms with E-state index in [4.69, 9.17) is 16.0 Å². The third kappa shape index (κ3) is 3.30. The Kier molecular flexibility index (Phi) is 3.65. The van der Waals surface area contributed by atoms with E-state index in [1.54, 1.807) is 6.20 Å². The molecule has 1 aromatic heterocycles. The molecule has 0 aromatic carbocycles. The monoisotopic (exact) mass is 202 g/mol. The highest BCUT2D eigenvalue weighted by atomic mass is 35.5. The van der Waals surface area contributed by atoms with Crippen LogP contribution in [0.1, 0.15) is 5.69 Å². The molecule has 0 aliphatic carbocycles. The maximum absolute atomic E-state index is 5.57. The number of nitrogens with zero attached hydrogens (tertiary/aromatic N) is 2. The Labute approximate surface area is 78.5 Å². The van der Waals surface area contributed by atoms with Gasteiger partial charge in [0, 0.05) is 0 Å². The second-order valence-electron chi connectivity index (χ2n) is 2.69. The predicted molar refractivity (Wildman–Crippen MR) is 50.7 cm³/mol. The first-order chi connectivity index (χ1) is 5.68. The van der Waals surface area contributed by atoms with Crippen LogP contribution < -0.4 is 0 Å². The van der Waals surface area contributed by atoms with Crippen LogP contribution in [0.4, 0.5) is 0 Å². The lowest BCUT2D eigenvalue weighted by Crippen LogP contribution is -2.08. The van der Waals surface area contributed by atoms with Crippen LogP contribution >= 0.6 is 11.6 Å². The van der Waals surface area contributed by atoms with Gasteiger partial charge in [-0.15, -0.1) is 0 Å². The Morgan fingerprint density at radius 3 is 2.67 bits per heavy atom. The van der Waals surface area contributed by atoms with Gasteiger partial charge in [0.15, 0.2) is 9.04 Å². The fourth-order valence-corrected chi connectivity index (χ4v) is 1.27. The highest BCUT2D eigenvalue weighted by molar-refractivity contribution is 6.48. The molecule has 0 aliphatic heterocycles. The van der Waals surface area contributed by atoms with Crippen molar-refractivity contribution in [1.29, 1.82) is 0 Å². The fourth-order valence-electron chi connectivity index (χ4n) is 0.666. The molecule has 0 spiro atoms. The summed E-state index contributed by atoms with van der Waals surface area (Å²) in [6.07, 6.45) is 3.17. The molecular weight excluding hydrogens is 192 g/mol. The second kappa shape index (κ2) is 4.54. The molecule has 0 atom stereocenters. The first kappa shape index (κ1) is 9.63. The van der Waals surface area contributed by atoms with E-state index in [-0.39, 0.29) is 0 Å². The normalized spacial score (nSPS) is 10.7. The van der Waals surface area contributed by atoms with E-state index in [0.29, 0.717) is 11.8 Å². The van der Waals surface area contributed by atoms with Crippen LogP contribution in [0.25, 0.3) is 0 Å². The van der Waals surface area contributed by atoms with Gasteiger partial charge in [0.1, 0.15) is 5.15 Å². The zero-order chi connectivity index (χ0) is 8.97. The molecule has 0 unspecified atom stereocenters. The quantitative estimate of drug-likeness (QED) is 0.699. The van der Waals surface area contributed by atoms with Crippen molar-refractivity contribution >= 4 is 20.6 Å². The summed E-state index contributed by atoms with van der Waals surface area (Å²) in [4.78, 5) is 7.95. The van der Waals surface area contributed by atoms with Crippen LogP contribution in [0, 0.1) is 0 Å². The average molecular weight is 203 g/mol. The molecule has 0 saturated heterocycles. The molecule has 0 N–H and O–H groups in total. The van der Waals surface area contributed by atoms with Crippen molar-refractivity contribution in [2.24, 2.45) is 0 Å². The molecule has 12 heavy (non-hydrogen) atoms. The van der Waals surface area contributed by atoms with E-state index in [1.807, 2.05) is 0 Å². The van der Waals surface area contributed by atoms with Crippen LogP contribution in [0.2, 0.25) is 18.2 Å². The van der Waals surface area contributed by atoms with E-state index in [2.05, 4.69) is 23.1 Å². The van der Waals surface area contributed by atoms with Crippen molar-refractivity contribution in [3.63, 3.8) is 0 Å². The minimum absolute atomic E-state index is 0.417. The minimum Gasteiger partial charge on any atom is -0.415 e. The zero-order valence-electron chi connectivity index (χ0n) is 7.12. The van der Waals surface area contributed by atoms with Gasteiger partial charge in [-0.2, -0.15) is 0 Å². The Morgan fingerprint density at radius 1 is 1.42 bits per heavy atom. The lowest BCUT2D eigenvalue weighted by Gasteiger charge is -2.04. The lowest BCUT2D eigenvalue weighted by atomic mass is 10.5. The van der Waals surface area contributed by atoms with Gasteiger partial charge in [0.25, 0.3) is 0 Å². The SMILES string of the molecule is C[SiH](C)OCc1cnc(Cl)cn1. The van der Waals surface area contributed by atoms with E-state index >= 15 is 0 Å². The summed E-state index contributed by atoms with van der Waals surface area (Å²) < 4.78 is 5.46. The average Bonchev–Trinajstić information content (AvgIpc) is 2.03. The summed E-state index contributed by atoms with van der Waals surface area (Å²) in [7, 11) is -0.953. The molecule has 0 bridgehead atoms. The minimum atomic E-state index is -0.953. The van der Waals surface area contributed by atoms with Crippen molar-refractivity contribution in [3.05, 3.63) is 23.2 Å². The molecule has 3 nitrogen and oxygen atoms in total. The van der Waals surface area contributed by atoms with Gasteiger partial charge in [-0.3, -0.25) is 4.98 Å². The van der Waals surface area contributed by atoms with Crippen LogP contribution in [0.3, 0.4) is 0 Å². The van der Waals surface area contributed by atoms with Gasteiger partial charge in [-0.1, -0.05) is 11.6 Å². The fraction of sp³-hybridized carbons (Fsp3) is 0.429. The number of hydrogen-bond acceptors (Lipinski definition) is 3. The predicted octanol–water partition coefficient (Wildman–Crippen LogP) is 1.63. The van der Waals surface area contributed by atoms with Gasteiger partial charge >= 0.3 is 0 Å². The van der Waals surface area contributed by atoms with Crippen molar-refractivity contribution in [3.8, 4) is 0 Å². The van der Waals surface area contributed by atoms with Crippen molar-refractivity contribution in [2.75, 3.05) is 0 Å². The summed E-state index contributed by atoms with van der Waals surface area (Å²) in [5.41, 5.74) is 0.834. The highest BCUT2D eigenvalue weighted by Gasteiger charge is 1.98. The molecule has 66 valence electrons. The van der Waals surface area contributed by atoms with Gasteiger partial charge in [-0.25, -0.2) is 4.98 Å². The maximum atomic E-state index is 5.57. The standard InChI is InChI=1S/C7H11ClN2OSi/c1-12(2)11-5-6-3-10-7(8)4-9-6/h3-4,12H,5H2,1-2H3. The van der Waals surface area contributed by atoms with Crippen molar-refractivity contribution < 1.29 is 4.43 Å². The smallest absolute Gasteiger partial charge is 0.171 e. The van der Waals surface area contributed by atoms with Crippen LogP contribution in [-0.4, -0.2) is 19.0 Å². The zero-order valence-corrected chi connectivity index (χ0v) is 9.03. The van der Waals surface area contributed by atoms with Crippen LogP contribution in [-0.2, 0) is 11.0 Å². The molecule has 0 amide bonds. The summed E-state index contributed by atoms with van der Waals surface area (Å²) in [5, 5.41) is 0.417. The van der Waals surface area contributed by atoms with Gasteiger partial charge in [0.2, 0.25) is 0 Å². The molecule has 1 rings (SSSR count). The maximum Gasteiger partial charge on any atom is 0.171 e. The van der Waals surface area contributed by atoms with Gasteiger partial charge < -0.3 is 4.43 Å². The molecule has 0 radical (unpaired) electrons. The number of rotatable bonds is 3. The van der Waals surface area contributed by atoms with E-state index in [9.17, 15) is 0 Å². The second-order valence-corrected chi connectivity index (χ2v) is 5.51. The molecular formula is C7H11ClN2OSi. The topological polar surface area (TPSA) is 35.0 Å². The third-order valence-corrected chi connectivity index (χ3v) is 2.27. The molecule has 0 saturated carbocycles. The number of halogens is 1. The Balaban J connectivity index is 2.48. The highest BCUT2D eigenvalue weighted by Crippen LogP contribution is 2.02. The van der Waals surface area contributed by atoms with Crippen LogP contribution in [0.5, 0.6) is 0 Å². The van der Waals surface area contributed by atoms with E-state index in [0.717, 1.165) is 5.69 Å². The molecule has 0 aliphatic rings. The van der Waals surface area contributed by atoms with Gasteiger partial charge in [0.05, 0.1) is 24.7 Å². The first-order valence-corrected chi connectivity index (χ1v) is 6.92. The first-order valence-electron chi connectivity index (χ1n) is 3.76. The summed E-state index contributed by atoms with van der Waals surface area (Å²) >= 11 is 5.57. The summed E-state index contributed by atoms with van der Waals surface area (Å²) in [6.45, 7) is 4.78. The summed E-state index contributed by atoms with van der Waals surface area (Å²) in [5.74, 6) is 0.